The Hall–Kier alpha value is -0.105. The fraction of sp³-hybridized carbons (Fsp3) is 0.176. The van der Waals surface area contributed by atoms with Crippen molar-refractivity contribution in [3.63, 3.8) is 0 Å². The van der Waals surface area contributed by atoms with E-state index in [9.17, 15) is 4.79 Å². The molecule has 2 heterocycles. The minimum Gasteiger partial charge on any atom is -0.651 e. The number of hydrogen-bond acceptors (Lipinski definition) is 3. The van der Waals surface area contributed by atoms with Gasteiger partial charge < -0.3 is 10.1 Å². The van der Waals surface area contributed by atoms with Crippen LogP contribution in [0.3, 0.4) is 0 Å². The number of aromatic nitrogens is 1. The molecule has 0 N–H and O–H groups in total. The monoisotopic (exact) mass is 414 g/mol. The van der Waals surface area contributed by atoms with Gasteiger partial charge in [0, 0.05) is 10.9 Å². The van der Waals surface area contributed by atoms with E-state index in [1.165, 1.54) is 18.4 Å². The van der Waals surface area contributed by atoms with Crippen molar-refractivity contribution in [2.75, 3.05) is 7.05 Å². The molecular formula is C17H14ClN2ORbS. The molecule has 3 rings (SSSR count). The Morgan fingerprint density at radius 3 is 2.48 bits per heavy atom. The molecule has 1 aromatic carbocycles. The molecule has 1 amide bonds. The quantitative estimate of drug-likeness (QED) is 0.645. The Morgan fingerprint density at radius 2 is 1.87 bits per heavy atom. The molecule has 0 aliphatic carbocycles. The SMILES string of the molecule is C[N-]C(=O)c1sc2nc(C)c(Cl)c(C)c2c1-c1ccccc1.[Rb+]. The smallest absolute Gasteiger partial charge is 0.651 e. The minimum atomic E-state index is -0.227. The zero-order chi connectivity index (χ0) is 15.9. The zero-order valence-electron chi connectivity index (χ0n) is 13.5. The normalized spacial score (nSPS) is 10.4. The molecule has 0 aliphatic rings. The third-order valence-corrected chi connectivity index (χ3v) is 5.27. The molecule has 0 unspecified atom stereocenters. The summed E-state index contributed by atoms with van der Waals surface area (Å²) in [6.07, 6.45) is 0. The van der Waals surface area contributed by atoms with Gasteiger partial charge in [0.25, 0.3) is 0 Å². The van der Waals surface area contributed by atoms with Crippen molar-refractivity contribution in [3.8, 4) is 11.1 Å². The predicted octanol–water partition coefficient (Wildman–Crippen LogP) is 2.38. The number of carbonyl (C=O) groups is 1. The summed E-state index contributed by atoms with van der Waals surface area (Å²) in [4.78, 5) is 18.2. The number of carbonyl (C=O) groups excluding carboxylic acids is 1. The van der Waals surface area contributed by atoms with Gasteiger partial charge in [-0.15, -0.1) is 18.4 Å². The maximum Gasteiger partial charge on any atom is 1.00 e. The Morgan fingerprint density at radius 1 is 1.22 bits per heavy atom. The van der Waals surface area contributed by atoms with Crippen molar-refractivity contribution in [1.29, 1.82) is 0 Å². The number of amides is 1. The van der Waals surface area contributed by atoms with E-state index in [-0.39, 0.29) is 64.1 Å². The van der Waals surface area contributed by atoms with Crippen LogP contribution >= 0.6 is 22.9 Å². The van der Waals surface area contributed by atoms with Crippen molar-refractivity contribution in [2.45, 2.75) is 13.8 Å². The van der Waals surface area contributed by atoms with E-state index in [2.05, 4.69) is 10.3 Å². The van der Waals surface area contributed by atoms with Crippen LogP contribution < -0.4 is 58.2 Å². The van der Waals surface area contributed by atoms with Crippen LogP contribution in [0.5, 0.6) is 0 Å². The first-order valence-corrected chi connectivity index (χ1v) is 8.02. The summed E-state index contributed by atoms with van der Waals surface area (Å²) in [5.74, 6) is -0.227. The summed E-state index contributed by atoms with van der Waals surface area (Å²) in [5, 5.41) is 5.42. The van der Waals surface area contributed by atoms with Gasteiger partial charge in [0.15, 0.2) is 0 Å². The molecule has 3 aromatic rings. The molecule has 0 fully saturated rings. The van der Waals surface area contributed by atoms with Gasteiger partial charge in [0.1, 0.15) is 4.83 Å². The summed E-state index contributed by atoms with van der Waals surface area (Å²) < 4.78 is 0. The Balaban J connectivity index is 0.00000192. The number of rotatable bonds is 2. The van der Waals surface area contributed by atoms with Crippen LogP contribution in [-0.2, 0) is 0 Å². The number of halogens is 1. The van der Waals surface area contributed by atoms with Crippen LogP contribution in [0, 0.1) is 13.8 Å². The van der Waals surface area contributed by atoms with E-state index in [0.717, 1.165) is 32.6 Å². The second-order valence-corrected chi connectivity index (χ2v) is 6.39. The molecule has 112 valence electrons. The first-order chi connectivity index (χ1) is 10.5. The van der Waals surface area contributed by atoms with E-state index >= 15 is 0 Å². The van der Waals surface area contributed by atoms with Gasteiger partial charge in [-0.1, -0.05) is 41.9 Å². The van der Waals surface area contributed by atoms with Crippen LogP contribution in [0.4, 0.5) is 0 Å². The van der Waals surface area contributed by atoms with Crippen molar-refractivity contribution in [2.24, 2.45) is 0 Å². The van der Waals surface area contributed by atoms with Crippen LogP contribution in [0.2, 0.25) is 5.02 Å². The van der Waals surface area contributed by atoms with Crippen LogP contribution in [0.25, 0.3) is 26.7 Å². The van der Waals surface area contributed by atoms with Gasteiger partial charge in [0.05, 0.1) is 21.5 Å². The van der Waals surface area contributed by atoms with Gasteiger partial charge in [-0.05, 0) is 25.0 Å². The second kappa shape index (κ2) is 7.85. The number of fused-ring (bicyclic) bond motifs is 1. The van der Waals surface area contributed by atoms with Crippen molar-refractivity contribution >= 4 is 39.1 Å². The van der Waals surface area contributed by atoms with E-state index in [0.29, 0.717) is 9.90 Å². The molecule has 0 spiro atoms. The van der Waals surface area contributed by atoms with Crippen LogP contribution in [0.1, 0.15) is 20.9 Å². The molecule has 6 heteroatoms. The number of hydrogen-bond donors (Lipinski definition) is 0. The number of nitrogens with zero attached hydrogens (tertiary/aromatic N) is 2. The van der Waals surface area contributed by atoms with E-state index in [1.54, 1.807) is 0 Å². The van der Waals surface area contributed by atoms with Crippen molar-refractivity contribution < 1.29 is 63.0 Å². The van der Waals surface area contributed by atoms with Gasteiger partial charge >= 0.3 is 58.2 Å². The number of aryl methyl sites for hydroxylation is 2. The molecule has 0 atom stereocenters. The van der Waals surface area contributed by atoms with Gasteiger partial charge in [-0.25, -0.2) is 4.98 Å². The first-order valence-electron chi connectivity index (χ1n) is 6.83. The average molecular weight is 415 g/mol. The second-order valence-electron chi connectivity index (χ2n) is 5.02. The van der Waals surface area contributed by atoms with Crippen LogP contribution in [0.15, 0.2) is 30.3 Å². The van der Waals surface area contributed by atoms with Crippen LogP contribution in [-0.4, -0.2) is 17.9 Å². The van der Waals surface area contributed by atoms with Gasteiger partial charge in [-0.3, -0.25) is 0 Å². The predicted molar refractivity (Wildman–Crippen MR) is 93.2 cm³/mol. The van der Waals surface area contributed by atoms with E-state index in [1.807, 2.05) is 44.2 Å². The van der Waals surface area contributed by atoms with E-state index in [4.69, 9.17) is 11.6 Å². The maximum absolute atomic E-state index is 12.2. The summed E-state index contributed by atoms with van der Waals surface area (Å²) >= 11 is 7.75. The van der Waals surface area contributed by atoms with Crippen molar-refractivity contribution in [1.82, 2.24) is 4.98 Å². The largest absolute Gasteiger partial charge is 1.00 e. The summed E-state index contributed by atoms with van der Waals surface area (Å²) in [6.45, 7) is 3.85. The Bertz CT molecular complexity index is 877. The molecular weight excluding hydrogens is 401 g/mol. The number of thiophene rings is 1. The summed E-state index contributed by atoms with van der Waals surface area (Å²) in [6, 6.07) is 9.83. The first kappa shape index (κ1) is 19.2. The summed E-state index contributed by atoms with van der Waals surface area (Å²) in [7, 11) is 1.51. The molecule has 2 aromatic heterocycles. The molecule has 0 aliphatic heterocycles. The number of benzene rings is 1. The molecule has 0 radical (unpaired) electrons. The molecule has 3 nitrogen and oxygen atoms in total. The Labute approximate surface area is 193 Å². The third kappa shape index (κ3) is 3.48. The molecule has 0 saturated carbocycles. The Kier molecular flexibility index (Phi) is 6.56. The standard InChI is InChI=1S/C17H15ClN2OS.Rb/c1-9-12-13(11-7-5-4-6-8-11)15(16(21)19-3)22-17(12)20-10(2)14(9)18;/h4-8H,1-3H3,(H,19,21);/q;+1/p-1. The molecule has 0 bridgehead atoms. The molecule has 23 heavy (non-hydrogen) atoms. The maximum atomic E-state index is 12.2. The topological polar surface area (TPSA) is 44.1 Å². The van der Waals surface area contributed by atoms with Gasteiger partial charge in [0.2, 0.25) is 0 Å². The average Bonchev–Trinajstić information content (AvgIpc) is 2.92. The van der Waals surface area contributed by atoms with Crippen molar-refractivity contribution in [3.05, 3.63) is 56.8 Å². The van der Waals surface area contributed by atoms with Gasteiger partial charge in [-0.2, -0.15) is 0 Å². The fourth-order valence-corrected chi connectivity index (χ4v) is 3.93. The fourth-order valence-electron chi connectivity index (χ4n) is 2.56. The van der Waals surface area contributed by atoms with E-state index < -0.39 is 0 Å². The molecule has 0 saturated heterocycles. The number of pyridine rings is 1. The third-order valence-electron chi connectivity index (χ3n) is 3.64. The summed E-state index contributed by atoms with van der Waals surface area (Å²) in [5.41, 5.74) is 3.59. The zero-order valence-corrected chi connectivity index (χ0v) is 20.0. The minimum absolute atomic E-state index is 0.